The minimum absolute atomic E-state index is 0.153. The maximum atomic E-state index is 12.5. The highest BCUT2D eigenvalue weighted by atomic mass is 32.2. The van der Waals surface area contributed by atoms with E-state index in [9.17, 15) is 9.59 Å². The molecular weight excluding hydrogens is 452 g/mol. The number of nitrogens with one attached hydrogen (secondary N) is 1. The van der Waals surface area contributed by atoms with Crippen LogP contribution in [0.15, 0.2) is 58.4 Å². The molecule has 1 aliphatic heterocycles. The van der Waals surface area contributed by atoms with E-state index in [0.29, 0.717) is 24.2 Å². The number of amides is 2. The monoisotopic (exact) mass is 480 g/mol. The number of hydrogen-bond acceptors (Lipinski definition) is 8. The lowest BCUT2D eigenvalue weighted by Crippen LogP contribution is -2.51. The molecule has 9 nitrogen and oxygen atoms in total. The van der Waals surface area contributed by atoms with Gasteiger partial charge in [-0.2, -0.15) is 0 Å². The van der Waals surface area contributed by atoms with E-state index in [1.807, 2.05) is 56.0 Å². The van der Waals surface area contributed by atoms with Gasteiger partial charge in [-0.3, -0.25) is 14.6 Å². The van der Waals surface area contributed by atoms with Gasteiger partial charge < -0.3 is 19.5 Å². The largest absolute Gasteiger partial charge is 0.411 e. The minimum atomic E-state index is -0.356. The van der Waals surface area contributed by atoms with Crippen molar-refractivity contribution in [2.45, 2.75) is 26.0 Å². The predicted molar refractivity (Wildman–Crippen MR) is 132 cm³/mol. The molecule has 4 rings (SSSR count). The zero-order valence-corrected chi connectivity index (χ0v) is 20.3. The number of hydrogen-bond donors (Lipinski definition) is 1. The maximum absolute atomic E-state index is 12.5. The third-order valence-electron chi connectivity index (χ3n) is 5.37. The number of carbonyl (C=O) groups is 2. The Labute approximate surface area is 202 Å². The summed E-state index contributed by atoms with van der Waals surface area (Å²) in [6.07, 6.45) is 3.31. The fourth-order valence-electron chi connectivity index (χ4n) is 3.60. The molecule has 0 atom stereocenters. The van der Waals surface area contributed by atoms with Crippen LogP contribution in [0, 0.1) is 5.41 Å². The molecule has 34 heavy (non-hydrogen) atoms. The van der Waals surface area contributed by atoms with Gasteiger partial charge in [-0.15, -0.1) is 10.2 Å². The zero-order valence-electron chi connectivity index (χ0n) is 19.5. The zero-order chi connectivity index (χ0) is 24.1. The fraction of sp³-hybridized carbons (Fsp3) is 0.375. The number of thioether (sulfide) groups is 1. The molecule has 1 aromatic carbocycles. The molecule has 2 amide bonds. The molecule has 0 saturated carbocycles. The van der Waals surface area contributed by atoms with Crippen LogP contribution in [-0.4, -0.2) is 63.8 Å². The number of rotatable bonds is 6. The highest BCUT2D eigenvalue weighted by Crippen LogP contribution is 2.24. The smallest absolute Gasteiger partial charge is 0.277 e. The topological polar surface area (TPSA) is 104 Å². The van der Waals surface area contributed by atoms with E-state index in [4.69, 9.17) is 4.42 Å². The van der Waals surface area contributed by atoms with Crippen LogP contribution in [0.2, 0.25) is 0 Å². The Morgan fingerprint density at radius 1 is 1.06 bits per heavy atom. The molecule has 0 bridgehead atoms. The molecule has 0 radical (unpaired) electrons. The first-order valence-corrected chi connectivity index (χ1v) is 12.1. The SMILES string of the molecule is CC(C)(C)C(=O)N1CCN(c2ccc(NC(=O)CSc3nnc(-c4cccnc4)o3)cc2)CC1. The van der Waals surface area contributed by atoms with Gasteiger partial charge in [0, 0.05) is 55.4 Å². The van der Waals surface area contributed by atoms with E-state index in [2.05, 4.69) is 25.4 Å². The van der Waals surface area contributed by atoms with Gasteiger partial charge in [0.15, 0.2) is 0 Å². The summed E-state index contributed by atoms with van der Waals surface area (Å²) in [7, 11) is 0. The van der Waals surface area contributed by atoms with Crippen molar-refractivity contribution >= 4 is 35.0 Å². The van der Waals surface area contributed by atoms with E-state index in [1.165, 1.54) is 11.8 Å². The van der Waals surface area contributed by atoms with Gasteiger partial charge in [-0.05, 0) is 36.4 Å². The highest BCUT2D eigenvalue weighted by molar-refractivity contribution is 7.99. The summed E-state index contributed by atoms with van der Waals surface area (Å²) in [6, 6.07) is 11.4. The molecule has 3 heterocycles. The number of piperazine rings is 1. The Morgan fingerprint density at radius 3 is 2.44 bits per heavy atom. The Hall–Kier alpha value is -3.40. The van der Waals surface area contributed by atoms with Crippen molar-refractivity contribution < 1.29 is 14.0 Å². The highest BCUT2D eigenvalue weighted by Gasteiger charge is 2.29. The van der Waals surface area contributed by atoms with Crippen molar-refractivity contribution in [1.29, 1.82) is 0 Å². The van der Waals surface area contributed by atoms with Gasteiger partial charge in [-0.1, -0.05) is 32.5 Å². The summed E-state index contributed by atoms with van der Waals surface area (Å²) in [5.41, 5.74) is 2.17. The summed E-state index contributed by atoms with van der Waals surface area (Å²) in [5, 5.41) is 11.2. The summed E-state index contributed by atoms with van der Waals surface area (Å²) >= 11 is 1.18. The fourth-order valence-corrected chi connectivity index (χ4v) is 4.16. The first-order valence-electron chi connectivity index (χ1n) is 11.1. The second-order valence-corrected chi connectivity index (χ2v) is 9.95. The van der Waals surface area contributed by atoms with Gasteiger partial charge in [0.1, 0.15) is 0 Å². The quantitative estimate of drug-likeness (QED) is 0.534. The van der Waals surface area contributed by atoms with Crippen LogP contribution in [0.4, 0.5) is 11.4 Å². The standard InChI is InChI=1S/C24H28N6O3S/c1-24(2,3)22(32)30-13-11-29(12-14-30)19-8-6-18(7-9-19)26-20(31)16-34-23-28-27-21(33-23)17-5-4-10-25-15-17/h4-10,15H,11-14,16H2,1-3H3,(H,26,31). The van der Waals surface area contributed by atoms with Crippen LogP contribution in [0.1, 0.15) is 20.8 Å². The average Bonchev–Trinajstić information content (AvgIpc) is 3.32. The number of anilines is 2. The third-order valence-corrected chi connectivity index (χ3v) is 6.18. The molecule has 0 spiro atoms. The lowest BCUT2D eigenvalue weighted by atomic mass is 9.94. The van der Waals surface area contributed by atoms with Crippen molar-refractivity contribution in [2.75, 3.05) is 42.1 Å². The molecule has 10 heteroatoms. The summed E-state index contributed by atoms with van der Waals surface area (Å²) in [6.45, 7) is 8.86. The molecule has 2 aromatic heterocycles. The van der Waals surface area contributed by atoms with Crippen LogP contribution in [0.3, 0.4) is 0 Å². The number of pyridine rings is 1. The molecular formula is C24H28N6O3S. The first-order chi connectivity index (χ1) is 16.3. The van der Waals surface area contributed by atoms with E-state index in [-0.39, 0.29) is 23.0 Å². The molecule has 1 fully saturated rings. The van der Waals surface area contributed by atoms with Gasteiger partial charge >= 0.3 is 0 Å². The van der Waals surface area contributed by atoms with E-state index in [1.54, 1.807) is 18.5 Å². The lowest BCUT2D eigenvalue weighted by Gasteiger charge is -2.38. The molecule has 0 unspecified atom stereocenters. The third kappa shape index (κ3) is 5.93. The second kappa shape index (κ2) is 10.3. The van der Waals surface area contributed by atoms with Crippen LogP contribution >= 0.6 is 11.8 Å². The van der Waals surface area contributed by atoms with Gasteiger partial charge in [0.05, 0.1) is 11.3 Å². The molecule has 3 aromatic rings. The van der Waals surface area contributed by atoms with E-state index in [0.717, 1.165) is 30.0 Å². The van der Waals surface area contributed by atoms with Crippen molar-refractivity contribution in [3.63, 3.8) is 0 Å². The van der Waals surface area contributed by atoms with E-state index >= 15 is 0 Å². The Balaban J connectivity index is 1.24. The molecule has 1 saturated heterocycles. The minimum Gasteiger partial charge on any atom is -0.411 e. The molecule has 1 aliphatic rings. The molecule has 0 aliphatic carbocycles. The normalized spacial score (nSPS) is 14.2. The Morgan fingerprint density at radius 2 is 1.79 bits per heavy atom. The predicted octanol–water partition coefficient (Wildman–Crippen LogP) is 3.56. The van der Waals surface area contributed by atoms with Gasteiger partial charge in [0.2, 0.25) is 17.7 Å². The van der Waals surface area contributed by atoms with Crippen molar-refractivity contribution in [1.82, 2.24) is 20.1 Å². The van der Waals surface area contributed by atoms with Crippen LogP contribution < -0.4 is 10.2 Å². The van der Waals surface area contributed by atoms with Crippen LogP contribution in [0.25, 0.3) is 11.5 Å². The lowest BCUT2D eigenvalue weighted by molar-refractivity contribution is -0.139. The first kappa shape index (κ1) is 23.7. The Bertz CT molecular complexity index is 1120. The maximum Gasteiger partial charge on any atom is 0.277 e. The number of benzene rings is 1. The van der Waals surface area contributed by atoms with Crippen molar-refractivity contribution in [2.24, 2.45) is 5.41 Å². The Kier molecular flexibility index (Phi) is 7.16. The molecule has 178 valence electrons. The van der Waals surface area contributed by atoms with E-state index < -0.39 is 0 Å². The van der Waals surface area contributed by atoms with Crippen molar-refractivity contribution in [3.05, 3.63) is 48.8 Å². The number of carbonyl (C=O) groups excluding carboxylic acids is 2. The summed E-state index contributed by atoms with van der Waals surface area (Å²) in [5.74, 6) is 0.556. The molecule has 1 N–H and O–H groups in total. The van der Waals surface area contributed by atoms with Crippen LogP contribution in [-0.2, 0) is 9.59 Å². The van der Waals surface area contributed by atoms with Gasteiger partial charge in [0.25, 0.3) is 5.22 Å². The summed E-state index contributed by atoms with van der Waals surface area (Å²) < 4.78 is 5.58. The van der Waals surface area contributed by atoms with Crippen molar-refractivity contribution in [3.8, 4) is 11.5 Å². The summed E-state index contributed by atoms with van der Waals surface area (Å²) in [4.78, 5) is 33.0. The second-order valence-electron chi connectivity index (χ2n) is 9.03. The van der Waals surface area contributed by atoms with Crippen LogP contribution in [0.5, 0.6) is 0 Å². The number of nitrogens with zero attached hydrogens (tertiary/aromatic N) is 5. The van der Waals surface area contributed by atoms with Gasteiger partial charge in [-0.25, -0.2) is 0 Å². The average molecular weight is 481 g/mol. The number of aromatic nitrogens is 3.